The predicted molar refractivity (Wildman–Crippen MR) is 129 cm³/mol. The molecule has 5 aromatic heterocycles. The number of alkyl halides is 3. The molecular formula is C27H17F3N6O. The molecule has 0 unspecified atom stereocenters. The van der Waals surface area contributed by atoms with Crippen LogP contribution in [0.2, 0.25) is 0 Å². The van der Waals surface area contributed by atoms with E-state index in [-0.39, 0.29) is 24.2 Å². The van der Waals surface area contributed by atoms with Gasteiger partial charge in [-0.3, -0.25) is 14.8 Å². The summed E-state index contributed by atoms with van der Waals surface area (Å²) in [6.45, 7) is 0. The number of nitrogens with zero attached hydrogens (tertiary/aromatic N) is 5. The molecule has 0 spiro atoms. The third-order valence-corrected chi connectivity index (χ3v) is 5.71. The molecule has 5 rings (SSSR count). The first-order chi connectivity index (χ1) is 17.8. The third kappa shape index (κ3) is 5.36. The summed E-state index contributed by atoms with van der Waals surface area (Å²) < 4.78 is 38.5. The van der Waals surface area contributed by atoms with Gasteiger partial charge in [0.05, 0.1) is 0 Å². The fraction of sp³-hybridized carbons (Fsp3) is 0.111. The van der Waals surface area contributed by atoms with Crippen molar-refractivity contribution in [3.8, 4) is 28.5 Å². The fourth-order valence-corrected chi connectivity index (χ4v) is 3.88. The third-order valence-electron chi connectivity index (χ3n) is 5.71. The van der Waals surface area contributed by atoms with E-state index in [2.05, 4.69) is 24.9 Å². The molecule has 182 valence electrons. The molecule has 7 nitrogen and oxygen atoms in total. The smallest absolute Gasteiger partial charge is 0.339 e. The Balaban J connectivity index is 1.28. The van der Waals surface area contributed by atoms with Crippen LogP contribution >= 0.6 is 0 Å². The number of fused-ring (bicyclic) bond motifs is 1. The number of H-pyrrole nitrogens is 1. The molecule has 1 N–H and O–H groups in total. The van der Waals surface area contributed by atoms with Crippen LogP contribution in [0, 0.1) is 11.3 Å². The number of nitriles is 1. The van der Waals surface area contributed by atoms with Crippen LogP contribution < -0.4 is 0 Å². The lowest BCUT2D eigenvalue weighted by Gasteiger charge is -2.07. The van der Waals surface area contributed by atoms with Gasteiger partial charge in [0, 0.05) is 71.1 Å². The first-order valence-electron chi connectivity index (χ1n) is 11.1. The Morgan fingerprint density at radius 3 is 2.35 bits per heavy atom. The zero-order chi connectivity index (χ0) is 26.0. The molecule has 0 aliphatic carbocycles. The lowest BCUT2D eigenvalue weighted by atomic mass is 10.0. The molecule has 0 saturated carbocycles. The highest BCUT2D eigenvalue weighted by Gasteiger charge is 2.32. The van der Waals surface area contributed by atoms with E-state index >= 15 is 0 Å². The lowest BCUT2D eigenvalue weighted by Crippen LogP contribution is -2.11. The predicted octanol–water partition coefficient (Wildman–Crippen LogP) is 5.33. The second kappa shape index (κ2) is 9.62. The monoisotopic (exact) mass is 498 g/mol. The van der Waals surface area contributed by atoms with Crippen molar-refractivity contribution in [2.75, 3.05) is 0 Å². The van der Waals surface area contributed by atoms with E-state index in [0.29, 0.717) is 17.0 Å². The zero-order valence-corrected chi connectivity index (χ0v) is 19.1. The first-order valence-corrected chi connectivity index (χ1v) is 11.1. The number of pyridine rings is 4. The number of nitrogens with one attached hydrogen (secondary N) is 1. The Kier molecular flexibility index (Phi) is 6.19. The van der Waals surface area contributed by atoms with Gasteiger partial charge in [-0.15, -0.1) is 0 Å². The standard InChI is InChI=1S/C27H17F3N6O/c28-27(29,30)25-8-16(5-6-32-25)7-23(37)11-21-3-1-17(13-33-21)20-9-19-10-24(36-26(19)35-15-20)18-2-4-22(12-31)34-14-18/h1-6,8-10,13-15H,7,11H2,(H,35,36). The molecule has 0 atom stereocenters. The SMILES string of the molecule is N#Cc1ccc(-c2cc3cc(-c4ccc(CC(=O)Cc5ccnc(C(F)(F)F)c5)nc4)cnc3[nH]2)cn1. The van der Waals surface area contributed by atoms with Crippen molar-refractivity contribution in [1.82, 2.24) is 24.9 Å². The first kappa shape index (κ1) is 23.8. The van der Waals surface area contributed by atoms with Crippen LogP contribution in [0.1, 0.15) is 22.6 Å². The molecule has 0 amide bonds. The maximum Gasteiger partial charge on any atom is 0.433 e. The van der Waals surface area contributed by atoms with Crippen LogP contribution in [-0.2, 0) is 23.8 Å². The van der Waals surface area contributed by atoms with E-state index < -0.39 is 11.9 Å². The van der Waals surface area contributed by atoms with Crippen molar-refractivity contribution in [3.05, 3.63) is 96.0 Å². The molecule has 0 aliphatic heterocycles. The number of carbonyl (C=O) groups excluding carboxylic acids is 1. The van der Waals surface area contributed by atoms with Gasteiger partial charge in [-0.1, -0.05) is 6.07 Å². The molecule has 37 heavy (non-hydrogen) atoms. The number of hydrogen-bond donors (Lipinski definition) is 1. The normalized spacial score (nSPS) is 11.4. The van der Waals surface area contributed by atoms with E-state index in [1.54, 1.807) is 30.7 Å². The summed E-state index contributed by atoms with van der Waals surface area (Å²) in [4.78, 5) is 31.9. The molecule has 0 saturated heterocycles. The summed E-state index contributed by atoms with van der Waals surface area (Å²) in [5.74, 6) is -0.250. The number of hydrogen-bond acceptors (Lipinski definition) is 6. The van der Waals surface area contributed by atoms with Gasteiger partial charge in [0.1, 0.15) is 28.9 Å². The van der Waals surface area contributed by atoms with Gasteiger partial charge in [-0.25, -0.2) is 9.97 Å². The minimum Gasteiger partial charge on any atom is -0.339 e. The largest absolute Gasteiger partial charge is 0.433 e. The van der Waals surface area contributed by atoms with Crippen molar-refractivity contribution < 1.29 is 18.0 Å². The van der Waals surface area contributed by atoms with Crippen LogP contribution in [0.15, 0.2) is 73.3 Å². The minimum atomic E-state index is -4.56. The van der Waals surface area contributed by atoms with E-state index in [0.717, 1.165) is 40.0 Å². The molecule has 0 aliphatic rings. The number of aromatic nitrogens is 5. The van der Waals surface area contributed by atoms with Gasteiger partial charge >= 0.3 is 6.18 Å². The van der Waals surface area contributed by atoms with E-state index in [1.165, 1.54) is 6.07 Å². The molecule has 0 fully saturated rings. The van der Waals surface area contributed by atoms with Gasteiger partial charge in [-0.05, 0) is 48.0 Å². The average molecular weight is 498 g/mol. The van der Waals surface area contributed by atoms with Crippen LogP contribution in [0.3, 0.4) is 0 Å². The summed E-state index contributed by atoms with van der Waals surface area (Å²) in [7, 11) is 0. The highest BCUT2D eigenvalue weighted by molar-refractivity contribution is 5.86. The quantitative estimate of drug-likeness (QED) is 0.339. The van der Waals surface area contributed by atoms with Gasteiger partial charge < -0.3 is 4.98 Å². The van der Waals surface area contributed by atoms with Crippen molar-refractivity contribution >= 4 is 16.8 Å². The zero-order valence-electron chi connectivity index (χ0n) is 19.1. The van der Waals surface area contributed by atoms with Crippen molar-refractivity contribution in [1.29, 1.82) is 5.26 Å². The number of ketones is 1. The van der Waals surface area contributed by atoms with Gasteiger partial charge in [0.25, 0.3) is 0 Å². The van der Waals surface area contributed by atoms with Crippen molar-refractivity contribution in [2.24, 2.45) is 0 Å². The molecule has 5 aromatic rings. The highest BCUT2D eigenvalue weighted by Crippen LogP contribution is 2.28. The summed E-state index contributed by atoms with van der Waals surface area (Å²) >= 11 is 0. The maximum atomic E-state index is 12.8. The van der Waals surface area contributed by atoms with Gasteiger partial charge in [0.2, 0.25) is 0 Å². The summed E-state index contributed by atoms with van der Waals surface area (Å²) in [6.07, 6.45) is 1.33. The molecular weight excluding hydrogens is 481 g/mol. The second-order valence-electron chi connectivity index (χ2n) is 8.37. The summed E-state index contributed by atoms with van der Waals surface area (Å²) in [6, 6.07) is 15.2. The van der Waals surface area contributed by atoms with Crippen LogP contribution in [0.25, 0.3) is 33.4 Å². The minimum absolute atomic E-state index is 0.00103. The molecule has 0 bridgehead atoms. The Morgan fingerprint density at radius 1 is 0.865 bits per heavy atom. The molecule has 10 heteroatoms. The Morgan fingerprint density at radius 2 is 1.65 bits per heavy atom. The number of halogens is 3. The van der Waals surface area contributed by atoms with Crippen LogP contribution in [-0.4, -0.2) is 30.7 Å². The molecule has 0 aromatic carbocycles. The second-order valence-corrected chi connectivity index (χ2v) is 8.37. The number of carbonyl (C=O) groups is 1. The molecule has 5 heterocycles. The van der Waals surface area contributed by atoms with E-state index in [4.69, 9.17) is 5.26 Å². The van der Waals surface area contributed by atoms with Crippen molar-refractivity contribution in [2.45, 2.75) is 19.0 Å². The Bertz CT molecular complexity index is 1630. The fourth-order valence-electron chi connectivity index (χ4n) is 3.88. The van der Waals surface area contributed by atoms with E-state index in [1.807, 2.05) is 30.3 Å². The number of rotatable bonds is 6. The number of Topliss-reactive ketones (excluding diaryl/α,β-unsaturated/α-hetero) is 1. The highest BCUT2D eigenvalue weighted by atomic mass is 19.4. The van der Waals surface area contributed by atoms with Crippen molar-refractivity contribution in [3.63, 3.8) is 0 Å². The Hall–Kier alpha value is -4.91. The van der Waals surface area contributed by atoms with Gasteiger partial charge in [0.15, 0.2) is 0 Å². The topological polar surface area (TPSA) is 108 Å². The van der Waals surface area contributed by atoms with Crippen LogP contribution in [0.5, 0.6) is 0 Å². The lowest BCUT2D eigenvalue weighted by molar-refractivity contribution is -0.141. The number of aromatic amines is 1. The summed E-state index contributed by atoms with van der Waals surface area (Å²) in [5, 5.41) is 9.80. The maximum absolute atomic E-state index is 12.8. The summed E-state index contributed by atoms with van der Waals surface area (Å²) in [5.41, 5.74) is 4.07. The van der Waals surface area contributed by atoms with E-state index in [9.17, 15) is 18.0 Å². The Labute approximate surface area is 208 Å². The van der Waals surface area contributed by atoms with Crippen LogP contribution in [0.4, 0.5) is 13.2 Å². The molecule has 0 radical (unpaired) electrons. The average Bonchev–Trinajstić information content (AvgIpc) is 3.32. The van der Waals surface area contributed by atoms with Gasteiger partial charge in [-0.2, -0.15) is 18.4 Å².